The van der Waals surface area contributed by atoms with Gasteiger partial charge < -0.3 is 10.6 Å². The van der Waals surface area contributed by atoms with E-state index in [0.717, 1.165) is 17.1 Å². The Morgan fingerprint density at radius 1 is 1.56 bits per heavy atom. The summed E-state index contributed by atoms with van der Waals surface area (Å²) in [7, 11) is 0. The molecule has 0 aliphatic heterocycles. The Hall–Kier alpha value is -1.46. The van der Waals surface area contributed by atoms with Gasteiger partial charge in [0, 0.05) is 6.54 Å². The number of hydrogen-bond acceptors (Lipinski definition) is 3. The van der Waals surface area contributed by atoms with Crippen molar-refractivity contribution in [3.05, 3.63) is 36.4 Å². The van der Waals surface area contributed by atoms with Crippen LogP contribution in [0, 0.1) is 0 Å². The van der Waals surface area contributed by atoms with Crippen LogP contribution >= 0.6 is 23.6 Å². The Morgan fingerprint density at radius 3 is 3.11 bits per heavy atom. The first-order chi connectivity index (χ1) is 8.72. The fourth-order valence-corrected chi connectivity index (χ4v) is 2.73. The van der Waals surface area contributed by atoms with Gasteiger partial charge in [-0.1, -0.05) is 30.4 Å². The summed E-state index contributed by atoms with van der Waals surface area (Å²) < 4.78 is 1.18. The van der Waals surface area contributed by atoms with Gasteiger partial charge in [0.2, 0.25) is 0 Å². The van der Waals surface area contributed by atoms with Crippen molar-refractivity contribution in [3.8, 4) is 0 Å². The summed E-state index contributed by atoms with van der Waals surface area (Å²) in [5.41, 5.74) is 2.33. The Bertz CT molecular complexity index is 575. The zero-order valence-corrected chi connectivity index (χ0v) is 11.8. The molecule has 0 saturated heterocycles. The van der Waals surface area contributed by atoms with Crippen LogP contribution in [0.1, 0.15) is 12.5 Å². The quantitative estimate of drug-likeness (QED) is 0.664. The highest BCUT2D eigenvalue weighted by Gasteiger charge is 2.05. The zero-order valence-electron chi connectivity index (χ0n) is 10.2. The van der Waals surface area contributed by atoms with Crippen molar-refractivity contribution in [2.45, 2.75) is 13.3 Å². The Balaban J connectivity index is 2.14. The normalized spacial score (nSPS) is 10.3. The molecule has 2 aromatic rings. The van der Waals surface area contributed by atoms with Gasteiger partial charge in [0.15, 0.2) is 10.2 Å². The highest BCUT2D eigenvalue weighted by Crippen LogP contribution is 2.26. The minimum absolute atomic E-state index is 0.574. The largest absolute Gasteiger partial charge is 0.359 e. The molecular weight excluding hydrogens is 262 g/mol. The van der Waals surface area contributed by atoms with Crippen molar-refractivity contribution in [2.75, 3.05) is 11.9 Å². The monoisotopic (exact) mass is 277 g/mol. The fourth-order valence-electron chi connectivity index (χ4n) is 1.55. The molecule has 5 heteroatoms. The predicted molar refractivity (Wildman–Crippen MR) is 83.4 cm³/mol. The molecule has 3 nitrogen and oxygen atoms in total. The van der Waals surface area contributed by atoms with E-state index in [1.54, 1.807) is 17.4 Å². The summed E-state index contributed by atoms with van der Waals surface area (Å²) in [5.74, 6) is 0. The van der Waals surface area contributed by atoms with E-state index in [0.29, 0.717) is 11.7 Å². The van der Waals surface area contributed by atoms with E-state index in [1.165, 1.54) is 10.3 Å². The Labute approximate surface area is 116 Å². The lowest BCUT2D eigenvalue weighted by molar-refractivity contribution is 1.06. The SMILES string of the molecule is C=CCNC(=S)Nc1nc2ccc(CC)cc2s1. The molecule has 0 amide bonds. The third-order valence-electron chi connectivity index (χ3n) is 2.49. The molecule has 0 unspecified atom stereocenters. The van der Waals surface area contributed by atoms with Gasteiger partial charge in [-0.15, -0.1) is 6.58 Å². The molecule has 0 atom stereocenters. The molecular formula is C13H15N3S2. The molecule has 2 rings (SSSR count). The molecule has 1 heterocycles. The molecule has 0 spiro atoms. The van der Waals surface area contributed by atoms with Gasteiger partial charge in [0.1, 0.15) is 0 Å². The van der Waals surface area contributed by atoms with Crippen LogP contribution in [0.2, 0.25) is 0 Å². The van der Waals surface area contributed by atoms with Crippen molar-refractivity contribution >= 4 is 44.0 Å². The minimum Gasteiger partial charge on any atom is -0.359 e. The highest BCUT2D eigenvalue weighted by atomic mass is 32.1. The first-order valence-corrected chi connectivity index (χ1v) is 7.00. The topological polar surface area (TPSA) is 37.0 Å². The van der Waals surface area contributed by atoms with Gasteiger partial charge in [-0.05, 0) is 36.3 Å². The molecule has 2 N–H and O–H groups in total. The van der Waals surface area contributed by atoms with Crippen LogP contribution in [-0.2, 0) is 6.42 Å². The van der Waals surface area contributed by atoms with Crippen LogP contribution in [0.3, 0.4) is 0 Å². The van der Waals surface area contributed by atoms with Crippen molar-refractivity contribution in [1.82, 2.24) is 10.3 Å². The van der Waals surface area contributed by atoms with Crippen molar-refractivity contribution in [1.29, 1.82) is 0 Å². The predicted octanol–water partition coefficient (Wildman–Crippen LogP) is 3.33. The van der Waals surface area contributed by atoms with Crippen molar-refractivity contribution in [3.63, 3.8) is 0 Å². The molecule has 1 aromatic carbocycles. The molecule has 0 saturated carbocycles. The Kier molecular flexibility index (Phi) is 4.28. The maximum absolute atomic E-state index is 5.15. The van der Waals surface area contributed by atoms with E-state index >= 15 is 0 Å². The van der Waals surface area contributed by atoms with Gasteiger partial charge in [-0.25, -0.2) is 4.98 Å². The minimum atomic E-state index is 0.574. The third kappa shape index (κ3) is 3.05. The second-order valence-corrected chi connectivity index (χ2v) is 5.24. The van der Waals surface area contributed by atoms with Crippen LogP contribution in [-0.4, -0.2) is 16.6 Å². The molecule has 0 aliphatic carbocycles. The van der Waals surface area contributed by atoms with E-state index < -0.39 is 0 Å². The molecule has 0 fully saturated rings. The summed E-state index contributed by atoms with van der Waals surface area (Å²) in [4.78, 5) is 4.49. The van der Waals surface area contributed by atoms with Gasteiger partial charge in [-0.2, -0.15) is 0 Å². The first kappa shape index (κ1) is 13.0. The Morgan fingerprint density at radius 2 is 2.39 bits per heavy atom. The summed E-state index contributed by atoms with van der Waals surface area (Å²) in [6.07, 6.45) is 2.80. The number of aryl methyl sites for hydroxylation is 1. The lowest BCUT2D eigenvalue weighted by Gasteiger charge is -2.04. The summed E-state index contributed by atoms with van der Waals surface area (Å²) in [5, 5.41) is 7.49. The van der Waals surface area contributed by atoms with E-state index in [1.807, 2.05) is 0 Å². The number of benzene rings is 1. The van der Waals surface area contributed by atoms with Gasteiger partial charge in [0.05, 0.1) is 10.2 Å². The average Bonchev–Trinajstić information content (AvgIpc) is 2.77. The summed E-state index contributed by atoms with van der Waals surface area (Å²) in [6.45, 7) is 6.43. The van der Waals surface area contributed by atoms with Crippen LogP contribution in [0.5, 0.6) is 0 Å². The average molecular weight is 277 g/mol. The van der Waals surface area contributed by atoms with Crippen LogP contribution in [0.4, 0.5) is 5.13 Å². The number of thiazole rings is 1. The molecule has 0 radical (unpaired) electrons. The molecule has 1 aromatic heterocycles. The number of thiocarbonyl (C=S) groups is 1. The maximum atomic E-state index is 5.15. The fraction of sp³-hybridized carbons (Fsp3) is 0.231. The molecule has 18 heavy (non-hydrogen) atoms. The van der Waals surface area contributed by atoms with Crippen LogP contribution in [0.15, 0.2) is 30.9 Å². The number of nitrogens with zero attached hydrogens (tertiary/aromatic N) is 1. The third-order valence-corrected chi connectivity index (χ3v) is 3.67. The number of anilines is 1. The standard InChI is InChI=1S/C13H15N3S2/c1-3-7-14-12(17)16-13-15-10-6-5-9(4-2)8-11(10)18-13/h3,5-6,8H,1,4,7H2,2H3,(H2,14,15,16,17). The molecule has 94 valence electrons. The van der Waals surface area contributed by atoms with Crippen molar-refractivity contribution < 1.29 is 0 Å². The number of fused-ring (bicyclic) bond motifs is 1. The van der Waals surface area contributed by atoms with Gasteiger partial charge >= 0.3 is 0 Å². The number of rotatable bonds is 4. The van der Waals surface area contributed by atoms with E-state index in [4.69, 9.17) is 12.2 Å². The van der Waals surface area contributed by atoms with E-state index in [9.17, 15) is 0 Å². The second kappa shape index (κ2) is 5.93. The second-order valence-electron chi connectivity index (χ2n) is 3.80. The van der Waals surface area contributed by atoms with Gasteiger partial charge in [-0.3, -0.25) is 0 Å². The maximum Gasteiger partial charge on any atom is 0.190 e. The first-order valence-electron chi connectivity index (χ1n) is 5.78. The van der Waals surface area contributed by atoms with E-state index in [2.05, 4.69) is 47.3 Å². The van der Waals surface area contributed by atoms with Crippen LogP contribution in [0.25, 0.3) is 10.2 Å². The lowest BCUT2D eigenvalue weighted by Crippen LogP contribution is -2.28. The van der Waals surface area contributed by atoms with Crippen molar-refractivity contribution in [2.24, 2.45) is 0 Å². The smallest absolute Gasteiger partial charge is 0.190 e. The molecule has 0 aliphatic rings. The summed E-state index contributed by atoms with van der Waals surface area (Å²) in [6, 6.07) is 6.34. The number of aromatic nitrogens is 1. The lowest BCUT2D eigenvalue weighted by atomic mass is 10.2. The number of hydrogen-bond donors (Lipinski definition) is 2. The molecule has 0 bridgehead atoms. The number of nitrogens with one attached hydrogen (secondary N) is 2. The van der Waals surface area contributed by atoms with E-state index in [-0.39, 0.29) is 0 Å². The van der Waals surface area contributed by atoms with Gasteiger partial charge in [0.25, 0.3) is 0 Å². The zero-order chi connectivity index (χ0) is 13.0. The summed E-state index contributed by atoms with van der Waals surface area (Å²) >= 11 is 6.76. The highest BCUT2D eigenvalue weighted by molar-refractivity contribution is 7.80. The van der Waals surface area contributed by atoms with Crippen LogP contribution < -0.4 is 10.6 Å².